The Morgan fingerprint density at radius 1 is 1.38 bits per heavy atom. The van der Waals surface area contributed by atoms with Crippen molar-refractivity contribution in [2.45, 2.75) is 39.5 Å². The van der Waals surface area contributed by atoms with Gasteiger partial charge in [-0.15, -0.1) is 12.4 Å². The average Bonchev–Trinajstić information content (AvgIpc) is 3.03. The van der Waals surface area contributed by atoms with Gasteiger partial charge in [-0.2, -0.15) is 0 Å². The number of nitrogens with one attached hydrogen (secondary N) is 1. The van der Waals surface area contributed by atoms with Gasteiger partial charge in [0.2, 0.25) is 5.91 Å². The molecule has 0 heterocycles. The number of carbonyl (C=O) groups is 1. The summed E-state index contributed by atoms with van der Waals surface area (Å²) in [6, 6.07) is 0. The molecule has 96 valence electrons. The van der Waals surface area contributed by atoms with Gasteiger partial charge in [0.15, 0.2) is 0 Å². The van der Waals surface area contributed by atoms with Gasteiger partial charge >= 0.3 is 0 Å². The first-order valence-corrected chi connectivity index (χ1v) is 6.26. The van der Waals surface area contributed by atoms with E-state index in [-0.39, 0.29) is 18.3 Å². The summed E-state index contributed by atoms with van der Waals surface area (Å²) < 4.78 is 0. The molecule has 0 spiro atoms. The van der Waals surface area contributed by atoms with Crippen LogP contribution in [-0.4, -0.2) is 37.0 Å². The first-order valence-electron chi connectivity index (χ1n) is 6.26. The zero-order valence-electron chi connectivity index (χ0n) is 10.5. The number of amides is 1. The zero-order chi connectivity index (χ0) is 11.1. The first-order chi connectivity index (χ1) is 7.27. The molecule has 1 saturated carbocycles. The van der Waals surface area contributed by atoms with Crippen molar-refractivity contribution in [2.75, 3.05) is 26.2 Å². The van der Waals surface area contributed by atoms with E-state index in [4.69, 9.17) is 0 Å². The zero-order valence-corrected chi connectivity index (χ0v) is 11.3. The highest BCUT2D eigenvalue weighted by Gasteiger charge is 2.21. The second-order valence-corrected chi connectivity index (χ2v) is 4.40. The molecule has 4 heteroatoms. The van der Waals surface area contributed by atoms with Crippen LogP contribution in [0.2, 0.25) is 0 Å². The lowest BCUT2D eigenvalue weighted by atomic mass is 10.3. The molecule has 1 aliphatic carbocycles. The summed E-state index contributed by atoms with van der Waals surface area (Å²) in [4.78, 5) is 13.7. The highest BCUT2D eigenvalue weighted by Crippen LogP contribution is 2.27. The molecule has 16 heavy (non-hydrogen) atoms. The van der Waals surface area contributed by atoms with Crippen LogP contribution < -0.4 is 5.32 Å². The van der Waals surface area contributed by atoms with Gasteiger partial charge in [0.1, 0.15) is 0 Å². The van der Waals surface area contributed by atoms with Crippen molar-refractivity contribution in [1.29, 1.82) is 0 Å². The molecule has 1 N–H and O–H groups in total. The summed E-state index contributed by atoms with van der Waals surface area (Å²) >= 11 is 0. The number of rotatable bonds is 8. The summed E-state index contributed by atoms with van der Waals surface area (Å²) in [6.07, 6.45) is 4.95. The van der Waals surface area contributed by atoms with E-state index in [0.717, 1.165) is 38.4 Å². The summed E-state index contributed by atoms with van der Waals surface area (Å²) in [5.41, 5.74) is 0. The van der Waals surface area contributed by atoms with Crippen molar-refractivity contribution < 1.29 is 4.79 Å². The fourth-order valence-electron chi connectivity index (χ4n) is 1.63. The van der Waals surface area contributed by atoms with E-state index in [9.17, 15) is 4.79 Å². The van der Waals surface area contributed by atoms with E-state index in [2.05, 4.69) is 19.2 Å². The molecule has 0 aromatic heterocycles. The molecule has 3 nitrogen and oxygen atoms in total. The molecule has 0 unspecified atom stereocenters. The maximum absolute atomic E-state index is 11.7. The molecule has 0 saturated heterocycles. The molecule has 0 aromatic carbocycles. The average molecular weight is 249 g/mol. The molecular formula is C12H25ClN2O. The van der Waals surface area contributed by atoms with Crippen LogP contribution in [0.4, 0.5) is 0 Å². The summed E-state index contributed by atoms with van der Waals surface area (Å²) in [7, 11) is 0. The Hall–Kier alpha value is -0.280. The number of hydrogen-bond donors (Lipinski definition) is 1. The Bertz CT molecular complexity index is 195. The van der Waals surface area contributed by atoms with Crippen molar-refractivity contribution >= 4 is 18.3 Å². The predicted molar refractivity (Wildman–Crippen MR) is 70.0 cm³/mol. The minimum atomic E-state index is 0. The Kier molecular flexibility index (Phi) is 8.67. The number of nitrogens with zero attached hydrogens (tertiary/aromatic N) is 1. The van der Waals surface area contributed by atoms with Gasteiger partial charge in [-0.3, -0.25) is 4.79 Å². The Labute approximate surface area is 105 Å². The number of halogens is 1. The lowest BCUT2D eigenvalue weighted by Crippen LogP contribution is -2.39. The molecule has 0 bridgehead atoms. The molecule has 1 aliphatic rings. The maximum Gasteiger partial charge on any atom is 0.236 e. The van der Waals surface area contributed by atoms with Crippen LogP contribution in [0, 0.1) is 5.92 Å². The molecule has 0 atom stereocenters. The van der Waals surface area contributed by atoms with Crippen LogP contribution in [0.3, 0.4) is 0 Å². The molecule has 1 rings (SSSR count). The van der Waals surface area contributed by atoms with Gasteiger partial charge in [-0.1, -0.05) is 13.3 Å². The van der Waals surface area contributed by atoms with Crippen LogP contribution in [0.1, 0.15) is 39.5 Å². The van der Waals surface area contributed by atoms with Gasteiger partial charge in [0.25, 0.3) is 0 Å². The molecular weight excluding hydrogens is 224 g/mol. The van der Waals surface area contributed by atoms with Crippen molar-refractivity contribution in [2.24, 2.45) is 5.92 Å². The van der Waals surface area contributed by atoms with Crippen LogP contribution >= 0.6 is 12.4 Å². The van der Waals surface area contributed by atoms with Crippen LogP contribution in [0.5, 0.6) is 0 Å². The van der Waals surface area contributed by atoms with E-state index in [0.29, 0.717) is 6.54 Å². The van der Waals surface area contributed by atoms with Crippen molar-refractivity contribution in [3.8, 4) is 0 Å². The monoisotopic (exact) mass is 248 g/mol. The summed E-state index contributed by atoms with van der Waals surface area (Å²) in [5, 5.41) is 3.25. The second kappa shape index (κ2) is 8.82. The van der Waals surface area contributed by atoms with Crippen LogP contribution in [0.25, 0.3) is 0 Å². The van der Waals surface area contributed by atoms with Crippen molar-refractivity contribution in [1.82, 2.24) is 10.2 Å². The van der Waals surface area contributed by atoms with E-state index in [1.165, 1.54) is 12.8 Å². The fourth-order valence-corrected chi connectivity index (χ4v) is 1.63. The van der Waals surface area contributed by atoms with E-state index in [1.54, 1.807) is 0 Å². The Morgan fingerprint density at radius 3 is 2.56 bits per heavy atom. The number of unbranched alkanes of at least 4 members (excludes halogenated alkanes) is 1. The fraction of sp³-hybridized carbons (Fsp3) is 0.917. The van der Waals surface area contributed by atoms with E-state index >= 15 is 0 Å². The van der Waals surface area contributed by atoms with Crippen molar-refractivity contribution in [3.63, 3.8) is 0 Å². The minimum Gasteiger partial charge on any atom is -0.342 e. The third kappa shape index (κ3) is 6.33. The third-order valence-electron chi connectivity index (χ3n) is 2.92. The number of hydrogen-bond acceptors (Lipinski definition) is 2. The quantitative estimate of drug-likeness (QED) is 0.713. The largest absolute Gasteiger partial charge is 0.342 e. The number of carbonyl (C=O) groups excluding carboxylic acids is 1. The maximum atomic E-state index is 11.7. The second-order valence-electron chi connectivity index (χ2n) is 4.40. The molecule has 0 aromatic rings. The Morgan fingerprint density at radius 2 is 2.06 bits per heavy atom. The summed E-state index contributed by atoms with van der Waals surface area (Å²) in [5.74, 6) is 1.11. The molecule has 0 radical (unpaired) electrons. The van der Waals surface area contributed by atoms with E-state index in [1.807, 2.05) is 4.90 Å². The van der Waals surface area contributed by atoms with E-state index < -0.39 is 0 Å². The SMILES string of the molecule is CCCCN(CC)C(=O)CNCC1CC1.Cl. The molecule has 0 aliphatic heterocycles. The number of likely N-dealkylation sites (N-methyl/N-ethyl adjacent to an activating group) is 1. The normalized spacial score (nSPS) is 14.4. The lowest BCUT2D eigenvalue weighted by Gasteiger charge is -2.20. The lowest BCUT2D eigenvalue weighted by molar-refractivity contribution is -0.130. The third-order valence-corrected chi connectivity index (χ3v) is 2.92. The molecule has 1 amide bonds. The highest BCUT2D eigenvalue weighted by atomic mass is 35.5. The minimum absolute atomic E-state index is 0. The first kappa shape index (κ1) is 15.7. The Balaban J connectivity index is 0.00000225. The van der Waals surface area contributed by atoms with Gasteiger partial charge in [0, 0.05) is 13.1 Å². The van der Waals surface area contributed by atoms with Crippen LogP contribution in [0.15, 0.2) is 0 Å². The smallest absolute Gasteiger partial charge is 0.236 e. The van der Waals surface area contributed by atoms with Gasteiger partial charge in [0.05, 0.1) is 6.54 Å². The van der Waals surface area contributed by atoms with Crippen molar-refractivity contribution in [3.05, 3.63) is 0 Å². The predicted octanol–water partition coefficient (Wildman–Crippen LogP) is 2.06. The topological polar surface area (TPSA) is 32.3 Å². The highest BCUT2D eigenvalue weighted by molar-refractivity contribution is 5.85. The van der Waals surface area contributed by atoms with Gasteiger partial charge < -0.3 is 10.2 Å². The van der Waals surface area contributed by atoms with Gasteiger partial charge in [-0.25, -0.2) is 0 Å². The molecule has 1 fully saturated rings. The van der Waals surface area contributed by atoms with Gasteiger partial charge in [-0.05, 0) is 38.6 Å². The standard InChI is InChI=1S/C12H24N2O.ClH/c1-3-5-8-14(4-2)12(15)10-13-9-11-6-7-11;/h11,13H,3-10H2,1-2H3;1H. The summed E-state index contributed by atoms with van der Waals surface area (Å²) in [6.45, 7) is 7.50. The van der Waals surface area contributed by atoms with Crippen LogP contribution in [-0.2, 0) is 4.79 Å².